The number of aliphatic hydroxyl groups is 1. The second-order valence-electron chi connectivity index (χ2n) is 16.9. The van der Waals surface area contributed by atoms with Crippen molar-refractivity contribution < 1.29 is 24.2 Å². The van der Waals surface area contributed by atoms with E-state index in [0.717, 1.165) is 57.8 Å². The van der Waals surface area contributed by atoms with Gasteiger partial charge in [0.15, 0.2) is 0 Å². The molecule has 0 bridgehead atoms. The number of esters is 2. The van der Waals surface area contributed by atoms with Crippen molar-refractivity contribution in [1.29, 1.82) is 0 Å². The highest BCUT2D eigenvalue weighted by atomic mass is 16.5. The van der Waals surface area contributed by atoms with Gasteiger partial charge in [-0.1, -0.05) is 73.5 Å². The number of carbonyl (C=O) groups is 2. The van der Waals surface area contributed by atoms with Crippen molar-refractivity contribution in [3.05, 3.63) is 11.6 Å². The maximum Gasteiger partial charge on any atom is 0.315 e. The highest BCUT2D eigenvalue weighted by molar-refractivity contribution is 5.79. The van der Waals surface area contributed by atoms with Crippen molar-refractivity contribution in [2.45, 2.75) is 145 Å². The second-order valence-corrected chi connectivity index (χ2v) is 16.9. The first kappa shape index (κ1) is 31.1. The average Bonchev–Trinajstić information content (AvgIpc) is 2.89. The predicted molar refractivity (Wildman–Crippen MR) is 162 cm³/mol. The van der Waals surface area contributed by atoms with Crippen LogP contribution in [0, 0.1) is 50.2 Å². The number of fused-ring (bicyclic) bond motifs is 7. The van der Waals surface area contributed by atoms with E-state index in [4.69, 9.17) is 9.47 Å². The normalized spacial score (nSPS) is 46.1. The monoisotopic (exact) mass is 570 g/mol. The summed E-state index contributed by atoms with van der Waals surface area (Å²) in [6, 6.07) is 0. The van der Waals surface area contributed by atoms with E-state index in [-0.39, 0.29) is 51.0 Å². The molecular weight excluding hydrogens is 512 g/mol. The van der Waals surface area contributed by atoms with Crippen LogP contribution in [0.2, 0.25) is 0 Å². The number of hydrogen-bond donors (Lipinski definition) is 1. The molecule has 0 aromatic carbocycles. The van der Waals surface area contributed by atoms with Crippen molar-refractivity contribution in [2.24, 2.45) is 50.2 Å². The van der Waals surface area contributed by atoms with E-state index < -0.39 is 11.5 Å². The van der Waals surface area contributed by atoms with E-state index in [1.165, 1.54) is 12.7 Å². The van der Waals surface area contributed by atoms with Crippen LogP contribution >= 0.6 is 0 Å². The van der Waals surface area contributed by atoms with Gasteiger partial charge < -0.3 is 14.6 Å². The maximum absolute atomic E-state index is 13.5. The molecule has 5 aliphatic carbocycles. The number of carbonyl (C=O) groups excluding carboxylic acids is 2. The average molecular weight is 571 g/mol. The molecule has 4 saturated carbocycles. The van der Waals surface area contributed by atoms with Crippen molar-refractivity contribution in [2.75, 3.05) is 7.11 Å². The molecule has 1 N–H and O–H groups in total. The van der Waals surface area contributed by atoms with Crippen LogP contribution < -0.4 is 0 Å². The molecule has 5 heteroatoms. The lowest BCUT2D eigenvalue weighted by Gasteiger charge is -2.71. The molecule has 0 aliphatic heterocycles. The summed E-state index contributed by atoms with van der Waals surface area (Å²) < 4.78 is 11.6. The molecular formula is C36H58O5. The van der Waals surface area contributed by atoms with Gasteiger partial charge in [-0.05, 0) is 104 Å². The summed E-state index contributed by atoms with van der Waals surface area (Å²) in [4.78, 5) is 26.2. The van der Waals surface area contributed by atoms with Crippen molar-refractivity contribution in [3.63, 3.8) is 0 Å². The van der Waals surface area contributed by atoms with Gasteiger partial charge in [0.1, 0.15) is 11.5 Å². The van der Waals surface area contributed by atoms with E-state index in [9.17, 15) is 14.7 Å². The molecule has 0 heterocycles. The first-order chi connectivity index (χ1) is 19.0. The third-order valence-electron chi connectivity index (χ3n) is 14.2. The van der Waals surface area contributed by atoms with Crippen LogP contribution in [0.3, 0.4) is 0 Å². The van der Waals surface area contributed by atoms with Gasteiger partial charge in [0.25, 0.3) is 0 Å². The van der Waals surface area contributed by atoms with Crippen LogP contribution in [0.25, 0.3) is 0 Å². The predicted octanol–water partition coefficient (Wildman–Crippen LogP) is 8.03. The smallest absolute Gasteiger partial charge is 0.315 e. The number of ether oxygens (including phenoxy) is 2. The van der Waals surface area contributed by atoms with Crippen molar-refractivity contribution in [3.8, 4) is 0 Å². The van der Waals surface area contributed by atoms with E-state index in [0.29, 0.717) is 31.1 Å². The van der Waals surface area contributed by atoms with Crippen LogP contribution in [0.4, 0.5) is 0 Å². The first-order valence-electron chi connectivity index (χ1n) is 16.7. The summed E-state index contributed by atoms with van der Waals surface area (Å²) in [7, 11) is 1.49. The molecule has 0 saturated heterocycles. The summed E-state index contributed by atoms with van der Waals surface area (Å²) in [5.41, 5.74) is 0.614. The third kappa shape index (κ3) is 4.32. The van der Waals surface area contributed by atoms with Gasteiger partial charge in [0, 0.05) is 11.8 Å². The fourth-order valence-electron chi connectivity index (χ4n) is 11.6. The largest absolute Gasteiger partial charge is 0.468 e. The molecule has 0 spiro atoms. The Morgan fingerprint density at radius 1 is 0.951 bits per heavy atom. The third-order valence-corrected chi connectivity index (χ3v) is 14.2. The Morgan fingerprint density at radius 2 is 1.66 bits per heavy atom. The van der Waals surface area contributed by atoms with E-state index >= 15 is 0 Å². The minimum absolute atomic E-state index is 0.0189. The molecule has 0 amide bonds. The number of allylic oxidation sites excluding steroid dienone is 2. The number of hydrogen-bond acceptors (Lipinski definition) is 5. The minimum atomic E-state index is -0.832. The zero-order valence-corrected chi connectivity index (χ0v) is 27.5. The molecule has 4 fully saturated rings. The van der Waals surface area contributed by atoms with Gasteiger partial charge in [-0.25, -0.2) is 0 Å². The summed E-state index contributed by atoms with van der Waals surface area (Å²) in [6.45, 7) is 18.9. The summed E-state index contributed by atoms with van der Waals surface area (Å²) in [5, 5.41) is 12.0. The zero-order valence-electron chi connectivity index (χ0n) is 27.5. The molecule has 5 nitrogen and oxygen atoms in total. The zero-order chi connectivity index (χ0) is 30.2. The molecule has 5 aliphatic rings. The van der Waals surface area contributed by atoms with Gasteiger partial charge in [-0.15, -0.1) is 0 Å². The SMILES string of the molecule is CCCCC(=O)O[C@H]1CC[C@]2(C)[C@H]3CC=C4[C@H]5CC(C)(C)CC[C@]5(C(=O)OC)[C@H](O)C[C@@]4(C)[C@]3(C)CC[C@H]2C1(C)C. The molecule has 41 heavy (non-hydrogen) atoms. The molecule has 9 atom stereocenters. The molecule has 0 unspecified atom stereocenters. The summed E-state index contributed by atoms with van der Waals surface area (Å²) in [5.74, 6) is 0.719. The Hall–Kier alpha value is -1.36. The van der Waals surface area contributed by atoms with Crippen LogP contribution in [0.15, 0.2) is 11.6 Å². The van der Waals surface area contributed by atoms with Crippen LogP contribution in [-0.4, -0.2) is 36.4 Å². The Kier molecular flexibility index (Phi) is 7.65. The highest BCUT2D eigenvalue weighted by Gasteiger charge is 2.71. The lowest BCUT2D eigenvalue weighted by Crippen LogP contribution is -2.67. The van der Waals surface area contributed by atoms with Crippen molar-refractivity contribution in [1.82, 2.24) is 0 Å². The van der Waals surface area contributed by atoms with E-state index in [1.807, 2.05) is 0 Å². The van der Waals surface area contributed by atoms with Crippen LogP contribution in [0.1, 0.15) is 132 Å². The lowest BCUT2D eigenvalue weighted by atomic mass is 9.33. The standard InChI is InChI=1S/C36H58O5/c1-10-11-12-29(38)41-28-16-17-33(6)25(32(28,4)5)15-18-34(7)26(33)14-13-23-24-21-31(2,3)19-20-36(24,30(39)40-9)27(37)22-35(23,34)8/h13,24-28,37H,10-12,14-22H2,1-9H3/t24-,25+,26-,27-,28+,33+,34-,35-,36-/m1/s1. The maximum atomic E-state index is 13.5. The first-order valence-corrected chi connectivity index (χ1v) is 16.7. The number of aliphatic hydroxyl groups excluding tert-OH is 1. The van der Waals surface area contributed by atoms with Crippen LogP contribution in [0.5, 0.6) is 0 Å². The summed E-state index contributed by atoms with van der Waals surface area (Å²) >= 11 is 0. The molecule has 0 aromatic heterocycles. The lowest BCUT2D eigenvalue weighted by molar-refractivity contribution is -0.224. The van der Waals surface area contributed by atoms with Gasteiger partial charge in [-0.2, -0.15) is 0 Å². The fraction of sp³-hybridized carbons (Fsp3) is 0.889. The van der Waals surface area contributed by atoms with E-state index in [2.05, 4.69) is 61.5 Å². The highest BCUT2D eigenvalue weighted by Crippen LogP contribution is 2.76. The second kappa shape index (κ2) is 10.1. The number of methoxy groups -OCH3 is 1. The van der Waals surface area contributed by atoms with Crippen LogP contribution in [-0.2, 0) is 19.1 Å². The quantitative estimate of drug-likeness (QED) is 0.268. The number of unbranched alkanes of at least 4 members (excludes halogenated alkanes) is 1. The molecule has 232 valence electrons. The molecule has 5 rings (SSSR count). The fourth-order valence-corrected chi connectivity index (χ4v) is 11.6. The Balaban J connectivity index is 1.51. The summed E-state index contributed by atoms with van der Waals surface area (Å²) in [6.07, 6.45) is 12.6. The van der Waals surface area contributed by atoms with Crippen molar-refractivity contribution >= 4 is 11.9 Å². The molecule has 0 aromatic rings. The topological polar surface area (TPSA) is 72.8 Å². The van der Waals surface area contributed by atoms with E-state index in [1.54, 1.807) is 0 Å². The Labute approximate surface area is 249 Å². The van der Waals surface area contributed by atoms with Gasteiger partial charge >= 0.3 is 11.9 Å². The van der Waals surface area contributed by atoms with Gasteiger partial charge in [-0.3, -0.25) is 9.59 Å². The van der Waals surface area contributed by atoms with Gasteiger partial charge in [0.05, 0.1) is 13.2 Å². The Bertz CT molecular complexity index is 1090. The van der Waals surface area contributed by atoms with Gasteiger partial charge in [0.2, 0.25) is 0 Å². The Morgan fingerprint density at radius 3 is 2.32 bits per heavy atom. The molecule has 0 radical (unpaired) electrons. The number of rotatable bonds is 5. The minimum Gasteiger partial charge on any atom is -0.468 e.